The molecule has 2 nitrogen and oxygen atoms in total. The van der Waals surface area contributed by atoms with Gasteiger partial charge in [0.25, 0.3) is 0 Å². The summed E-state index contributed by atoms with van der Waals surface area (Å²) in [7, 11) is 1.78. The van der Waals surface area contributed by atoms with E-state index in [0.29, 0.717) is 17.7 Å². The number of hydrogen-bond acceptors (Lipinski definition) is 2. The molecule has 3 atom stereocenters. The molecule has 0 bridgehead atoms. The predicted octanol–water partition coefficient (Wildman–Crippen LogP) is 3.35. The summed E-state index contributed by atoms with van der Waals surface area (Å²) >= 11 is 0. The van der Waals surface area contributed by atoms with Crippen molar-refractivity contribution >= 4 is 0 Å². The lowest BCUT2D eigenvalue weighted by atomic mass is 9.86. The summed E-state index contributed by atoms with van der Waals surface area (Å²) in [5.41, 5.74) is 0.741. The number of benzene rings is 1. The van der Waals surface area contributed by atoms with Crippen molar-refractivity contribution in [3.63, 3.8) is 0 Å². The van der Waals surface area contributed by atoms with Gasteiger partial charge in [-0.25, -0.2) is 8.78 Å². The summed E-state index contributed by atoms with van der Waals surface area (Å²) < 4.78 is 33.5. The Morgan fingerprint density at radius 3 is 2.74 bits per heavy atom. The molecule has 0 aromatic heterocycles. The number of aryl methyl sites for hydroxylation is 1. The first-order chi connectivity index (χ1) is 9.08. The Bertz CT molecular complexity index is 450. The van der Waals surface area contributed by atoms with Gasteiger partial charge in [-0.05, 0) is 44.5 Å². The quantitative estimate of drug-likeness (QED) is 0.905. The lowest BCUT2D eigenvalue weighted by Gasteiger charge is -2.27. The minimum Gasteiger partial charge on any atom is -0.378 e. The fourth-order valence-electron chi connectivity index (χ4n) is 2.97. The minimum atomic E-state index is -0.358. The van der Waals surface area contributed by atoms with Crippen LogP contribution in [0, 0.1) is 24.5 Å². The van der Waals surface area contributed by atoms with Gasteiger partial charge in [0, 0.05) is 24.1 Å². The third-order valence-electron chi connectivity index (χ3n) is 4.02. The van der Waals surface area contributed by atoms with E-state index in [-0.39, 0.29) is 29.7 Å². The Kier molecular flexibility index (Phi) is 4.53. The van der Waals surface area contributed by atoms with Crippen LogP contribution in [0.3, 0.4) is 0 Å². The molecule has 106 valence electrons. The standard InChI is InChI=1S/C15H21F2NO/c1-4-14-10(5-6-19-14)15(18-3)11-8-12(16)9(2)7-13(11)17/h7-8,10,14-15,18H,4-6H2,1-3H3. The third-order valence-corrected chi connectivity index (χ3v) is 4.02. The van der Waals surface area contributed by atoms with E-state index in [1.807, 2.05) is 0 Å². The van der Waals surface area contributed by atoms with Crippen LogP contribution in [0.5, 0.6) is 0 Å². The van der Waals surface area contributed by atoms with Crippen molar-refractivity contribution in [2.45, 2.75) is 38.8 Å². The molecule has 1 heterocycles. The van der Waals surface area contributed by atoms with E-state index < -0.39 is 0 Å². The molecule has 1 N–H and O–H groups in total. The Balaban J connectivity index is 2.34. The Morgan fingerprint density at radius 1 is 1.37 bits per heavy atom. The van der Waals surface area contributed by atoms with Crippen molar-refractivity contribution < 1.29 is 13.5 Å². The Morgan fingerprint density at radius 2 is 2.11 bits per heavy atom. The van der Waals surface area contributed by atoms with Crippen LogP contribution < -0.4 is 5.32 Å². The maximum atomic E-state index is 14.1. The molecule has 1 aliphatic heterocycles. The van der Waals surface area contributed by atoms with Gasteiger partial charge >= 0.3 is 0 Å². The van der Waals surface area contributed by atoms with Gasteiger partial charge in [0.1, 0.15) is 11.6 Å². The smallest absolute Gasteiger partial charge is 0.128 e. The molecule has 1 aromatic rings. The second kappa shape index (κ2) is 5.97. The first kappa shape index (κ1) is 14.4. The molecule has 1 aromatic carbocycles. The third kappa shape index (κ3) is 2.79. The molecule has 0 amide bonds. The zero-order valence-electron chi connectivity index (χ0n) is 11.7. The van der Waals surface area contributed by atoms with Crippen molar-refractivity contribution in [3.05, 3.63) is 34.9 Å². The van der Waals surface area contributed by atoms with Gasteiger partial charge in [0.15, 0.2) is 0 Å². The SMILES string of the molecule is CCC1OCCC1C(NC)c1cc(F)c(C)cc1F. The Hall–Kier alpha value is -1.00. The molecule has 1 saturated heterocycles. The molecule has 3 unspecified atom stereocenters. The van der Waals surface area contributed by atoms with Gasteiger partial charge in [0.05, 0.1) is 6.10 Å². The molecule has 2 rings (SSSR count). The van der Waals surface area contributed by atoms with E-state index in [1.54, 1.807) is 14.0 Å². The van der Waals surface area contributed by atoms with Gasteiger partial charge in [-0.1, -0.05) is 6.92 Å². The van der Waals surface area contributed by atoms with E-state index in [1.165, 1.54) is 12.1 Å². The number of rotatable bonds is 4. The lowest BCUT2D eigenvalue weighted by Crippen LogP contribution is -2.31. The van der Waals surface area contributed by atoms with Crippen molar-refractivity contribution in [3.8, 4) is 0 Å². The summed E-state index contributed by atoms with van der Waals surface area (Å²) in [5.74, 6) is -0.518. The number of halogens is 2. The molecule has 1 aliphatic rings. The first-order valence-electron chi connectivity index (χ1n) is 6.82. The van der Waals surface area contributed by atoms with E-state index in [9.17, 15) is 8.78 Å². The van der Waals surface area contributed by atoms with Gasteiger partial charge in [0.2, 0.25) is 0 Å². The maximum Gasteiger partial charge on any atom is 0.128 e. The summed E-state index contributed by atoms with van der Waals surface area (Å²) in [6.45, 7) is 4.32. The van der Waals surface area contributed by atoms with Gasteiger partial charge in [-0.3, -0.25) is 0 Å². The fourth-order valence-corrected chi connectivity index (χ4v) is 2.97. The normalized spacial score (nSPS) is 24.7. The average Bonchev–Trinajstić information content (AvgIpc) is 2.84. The van der Waals surface area contributed by atoms with Crippen LogP contribution in [0.25, 0.3) is 0 Å². The highest BCUT2D eigenvalue weighted by molar-refractivity contribution is 5.28. The molecular weight excluding hydrogens is 248 g/mol. The van der Waals surface area contributed by atoms with Crippen molar-refractivity contribution in [1.82, 2.24) is 5.32 Å². The zero-order chi connectivity index (χ0) is 14.0. The molecule has 1 fully saturated rings. The molecule has 0 radical (unpaired) electrons. The van der Waals surface area contributed by atoms with Gasteiger partial charge in [-0.2, -0.15) is 0 Å². The molecular formula is C15H21F2NO. The van der Waals surface area contributed by atoms with Crippen LogP contribution in [-0.2, 0) is 4.74 Å². The fraction of sp³-hybridized carbons (Fsp3) is 0.600. The summed E-state index contributed by atoms with van der Waals surface area (Å²) in [6, 6.07) is 2.38. The lowest BCUT2D eigenvalue weighted by molar-refractivity contribution is 0.0778. The van der Waals surface area contributed by atoms with E-state index in [0.717, 1.165) is 12.8 Å². The second-order valence-electron chi connectivity index (χ2n) is 5.16. The van der Waals surface area contributed by atoms with E-state index >= 15 is 0 Å². The average molecular weight is 269 g/mol. The monoisotopic (exact) mass is 269 g/mol. The van der Waals surface area contributed by atoms with Crippen molar-refractivity contribution in [2.75, 3.05) is 13.7 Å². The molecule has 0 saturated carbocycles. The maximum absolute atomic E-state index is 14.1. The van der Waals surface area contributed by atoms with E-state index in [2.05, 4.69) is 12.2 Å². The highest BCUT2D eigenvalue weighted by atomic mass is 19.1. The van der Waals surface area contributed by atoms with Crippen molar-refractivity contribution in [1.29, 1.82) is 0 Å². The molecule has 0 spiro atoms. The van der Waals surface area contributed by atoms with Crippen LogP contribution >= 0.6 is 0 Å². The van der Waals surface area contributed by atoms with Crippen LogP contribution in [0.4, 0.5) is 8.78 Å². The topological polar surface area (TPSA) is 21.3 Å². The first-order valence-corrected chi connectivity index (χ1v) is 6.82. The highest BCUT2D eigenvalue weighted by Crippen LogP contribution is 2.36. The summed E-state index contributed by atoms with van der Waals surface area (Å²) in [6.07, 6.45) is 1.87. The highest BCUT2D eigenvalue weighted by Gasteiger charge is 2.35. The minimum absolute atomic E-state index is 0.112. The van der Waals surface area contributed by atoms with E-state index in [4.69, 9.17) is 4.74 Å². The van der Waals surface area contributed by atoms with Crippen molar-refractivity contribution in [2.24, 2.45) is 5.92 Å². The predicted molar refractivity (Wildman–Crippen MR) is 71.0 cm³/mol. The number of ether oxygens (including phenoxy) is 1. The number of nitrogens with one attached hydrogen (secondary N) is 1. The number of hydrogen-bond donors (Lipinski definition) is 1. The van der Waals surface area contributed by atoms with Gasteiger partial charge in [-0.15, -0.1) is 0 Å². The zero-order valence-corrected chi connectivity index (χ0v) is 11.7. The largest absolute Gasteiger partial charge is 0.378 e. The van der Waals surface area contributed by atoms with Crippen LogP contribution in [0.15, 0.2) is 12.1 Å². The summed E-state index contributed by atoms with van der Waals surface area (Å²) in [4.78, 5) is 0. The van der Waals surface area contributed by atoms with Crippen LogP contribution in [0.1, 0.15) is 36.9 Å². The van der Waals surface area contributed by atoms with Gasteiger partial charge < -0.3 is 10.1 Å². The molecule has 0 aliphatic carbocycles. The summed E-state index contributed by atoms with van der Waals surface area (Å²) in [5, 5.41) is 3.13. The van der Waals surface area contributed by atoms with Crippen LogP contribution in [-0.4, -0.2) is 19.8 Å². The molecule has 4 heteroatoms. The second-order valence-corrected chi connectivity index (χ2v) is 5.16. The van der Waals surface area contributed by atoms with Crippen LogP contribution in [0.2, 0.25) is 0 Å². The molecule has 19 heavy (non-hydrogen) atoms. The Labute approximate surface area is 113 Å².